The standard InChI is InChI=1S/C24H19FO5/c1-28-20-12-13-21(23(15-20)29-2)22(26)14-5-16-3-10-19(11-4-16)30-24(27)17-6-8-18(25)9-7-17/h3-15H,1-2H3/b14-5+. The Morgan fingerprint density at radius 3 is 2.13 bits per heavy atom. The Labute approximate surface area is 173 Å². The largest absolute Gasteiger partial charge is 0.497 e. The first kappa shape index (κ1) is 20.8. The van der Waals surface area contributed by atoms with Crippen molar-refractivity contribution in [3.05, 3.63) is 95.3 Å². The van der Waals surface area contributed by atoms with Crippen LogP contribution in [0.1, 0.15) is 26.3 Å². The predicted molar refractivity (Wildman–Crippen MR) is 111 cm³/mol. The number of ketones is 1. The number of rotatable bonds is 7. The number of benzene rings is 3. The van der Waals surface area contributed by atoms with Crippen molar-refractivity contribution in [1.82, 2.24) is 0 Å². The second-order valence-corrected chi connectivity index (χ2v) is 6.23. The van der Waals surface area contributed by atoms with Gasteiger partial charge in [-0.1, -0.05) is 18.2 Å². The Kier molecular flexibility index (Phi) is 6.60. The van der Waals surface area contributed by atoms with Gasteiger partial charge >= 0.3 is 5.97 Å². The predicted octanol–water partition coefficient (Wildman–Crippen LogP) is 4.96. The average Bonchev–Trinajstić information content (AvgIpc) is 2.78. The molecule has 0 bridgehead atoms. The van der Waals surface area contributed by atoms with E-state index in [1.165, 1.54) is 44.6 Å². The van der Waals surface area contributed by atoms with Crippen LogP contribution in [-0.4, -0.2) is 26.0 Å². The lowest BCUT2D eigenvalue weighted by molar-refractivity contribution is 0.0734. The first-order valence-electron chi connectivity index (χ1n) is 9.02. The number of carbonyl (C=O) groups is 2. The molecule has 30 heavy (non-hydrogen) atoms. The van der Waals surface area contributed by atoms with Gasteiger partial charge in [-0.15, -0.1) is 0 Å². The smallest absolute Gasteiger partial charge is 0.343 e. The quantitative estimate of drug-likeness (QED) is 0.240. The Morgan fingerprint density at radius 2 is 1.50 bits per heavy atom. The summed E-state index contributed by atoms with van der Waals surface area (Å²) in [6.45, 7) is 0. The molecule has 0 aliphatic heterocycles. The molecule has 0 unspecified atom stereocenters. The molecule has 3 aromatic carbocycles. The Balaban J connectivity index is 1.66. The zero-order chi connectivity index (χ0) is 21.5. The van der Waals surface area contributed by atoms with Crippen molar-refractivity contribution in [3.8, 4) is 17.2 Å². The summed E-state index contributed by atoms with van der Waals surface area (Å²) in [6, 6.07) is 16.7. The molecule has 0 aromatic heterocycles. The summed E-state index contributed by atoms with van der Waals surface area (Å²) in [5.41, 5.74) is 1.41. The number of carbonyl (C=O) groups excluding carboxylic acids is 2. The van der Waals surface area contributed by atoms with E-state index < -0.39 is 11.8 Å². The van der Waals surface area contributed by atoms with Crippen LogP contribution in [0.2, 0.25) is 0 Å². The van der Waals surface area contributed by atoms with Gasteiger partial charge in [0.1, 0.15) is 23.1 Å². The highest BCUT2D eigenvalue weighted by molar-refractivity contribution is 6.08. The fourth-order valence-electron chi connectivity index (χ4n) is 2.66. The second-order valence-electron chi connectivity index (χ2n) is 6.23. The molecule has 0 N–H and O–H groups in total. The van der Waals surface area contributed by atoms with Gasteiger partial charge in [0.25, 0.3) is 0 Å². The van der Waals surface area contributed by atoms with Crippen LogP contribution >= 0.6 is 0 Å². The summed E-state index contributed by atoms with van der Waals surface area (Å²) in [5, 5.41) is 0. The normalized spacial score (nSPS) is 10.6. The van der Waals surface area contributed by atoms with E-state index in [4.69, 9.17) is 14.2 Å². The van der Waals surface area contributed by atoms with Crippen molar-refractivity contribution in [1.29, 1.82) is 0 Å². The minimum absolute atomic E-state index is 0.221. The van der Waals surface area contributed by atoms with Crippen LogP contribution in [0.3, 0.4) is 0 Å². The average molecular weight is 406 g/mol. The lowest BCUT2D eigenvalue weighted by Gasteiger charge is -2.08. The summed E-state index contributed by atoms with van der Waals surface area (Å²) in [6.07, 6.45) is 3.08. The van der Waals surface area contributed by atoms with Gasteiger partial charge in [-0.2, -0.15) is 0 Å². The fraction of sp³-hybridized carbons (Fsp3) is 0.0833. The van der Waals surface area contributed by atoms with E-state index in [1.54, 1.807) is 48.5 Å². The topological polar surface area (TPSA) is 61.8 Å². The minimum atomic E-state index is -0.583. The number of allylic oxidation sites excluding steroid dienone is 1. The maximum atomic E-state index is 12.9. The van der Waals surface area contributed by atoms with Crippen molar-refractivity contribution < 1.29 is 28.2 Å². The Morgan fingerprint density at radius 1 is 0.833 bits per heavy atom. The molecule has 0 saturated heterocycles. The van der Waals surface area contributed by atoms with Crippen LogP contribution in [0, 0.1) is 5.82 Å². The summed E-state index contributed by atoms with van der Waals surface area (Å²) >= 11 is 0. The number of hydrogen-bond acceptors (Lipinski definition) is 5. The summed E-state index contributed by atoms with van der Waals surface area (Å²) < 4.78 is 28.6. The first-order valence-corrected chi connectivity index (χ1v) is 9.02. The van der Waals surface area contributed by atoms with Gasteiger partial charge in [-0.3, -0.25) is 4.79 Å². The Hall–Kier alpha value is -3.93. The van der Waals surface area contributed by atoms with E-state index in [1.807, 2.05) is 0 Å². The highest BCUT2D eigenvalue weighted by atomic mass is 19.1. The molecule has 6 heteroatoms. The van der Waals surface area contributed by atoms with Crippen LogP contribution in [0.4, 0.5) is 4.39 Å². The lowest BCUT2D eigenvalue weighted by atomic mass is 10.1. The number of ether oxygens (including phenoxy) is 3. The van der Waals surface area contributed by atoms with Gasteiger partial charge in [-0.05, 0) is 60.2 Å². The molecule has 3 aromatic rings. The molecule has 0 aliphatic rings. The van der Waals surface area contributed by atoms with Gasteiger partial charge < -0.3 is 14.2 Å². The molecule has 0 aliphatic carbocycles. The zero-order valence-electron chi connectivity index (χ0n) is 16.4. The molecule has 0 heterocycles. The van der Waals surface area contributed by atoms with E-state index >= 15 is 0 Å². The van der Waals surface area contributed by atoms with E-state index in [-0.39, 0.29) is 11.3 Å². The lowest BCUT2D eigenvalue weighted by Crippen LogP contribution is -2.08. The third-order valence-electron chi connectivity index (χ3n) is 4.27. The zero-order valence-corrected chi connectivity index (χ0v) is 16.4. The minimum Gasteiger partial charge on any atom is -0.497 e. The SMILES string of the molecule is COc1ccc(C(=O)/C=C/c2ccc(OC(=O)c3ccc(F)cc3)cc2)c(OC)c1. The molecular formula is C24H19FO5. The second kappa shape index (κ2) is 9.52. The van der Waals surface area contributed by atoms with Crippen molar-refractivity contribution >= 4 is 17.8 Å². The van der Waals surface area contributed by atoms with Crippen LogP contribution in [0.15, 0.2) is 72.8 Å². The highest BCUT2D eigenvalue weighted by Gasteiger charge is 2.11. The monoisotopic (exact) mass is 406 g/mol. The van der Waals surface area contributed by atoms with E-state index in [0.717, 1.165) is 5.56 Å². The van der Waals surface area contributed by atoms with Gasteiger partial charge in [0.15, 0.2) is 5.78 Å². The van der Waals surface area contributed by atoms with E-state index in [9.17, 15) is 14.0 Å². The molecule has 0 spiro atoms. The third-order valence-corrected chi connectivity index (χ3v) is 4.27. The van der Waals surface area contributed by atoms with Crippen molar-refractivity contribution in [2.45, 2.75) is 0 Å². The Bertz CT molecular complexity index is 1070. The number of hydrogen-bond donors (Lipinski definition) is 0. The maximum Gasteiger partial charge on any atom is 0.343 e. The third kappa shape index (κ3) is 5.11. The fourth-order valence-corrected chi connectivity index (χ4v) is 2.66. The highest BCUT2D eigenvalue weighted by Crippen LogP contribution is 2.25. The summed E-state index contributed by atoms with van der Waals surface area (Å²) in [7, 11) is 3.03. The van der Waals surface area contributed by atoms with Gasteiger partial charge in [0.05, 0.1) is 25.3 Å². The van der Waals surface area contributed by atoms with Crippen molar-refractivity contribution in [2.24, 2.45) is 0 Å². The van der Waals surface area contributed by atoms with Crippen molar-refractivity contribution in [3.63, 3.8) is 0 Å². The van der Waals surface area contributed by atoms with Crippen molar-refractivity contribution in [2.75, 3.05) is 14.2 Å². The maximum absolute atomic E-state index is 12.9. The molecule has 3 rings (SSSR count). The van der Waals surface area contributed by atoms with Crippen LogP contribution in [0.5, 0.6) is 17.2 Å². The van der Waals surface area contributed by atoms with E-state index in [2.05, 4.69) is 0 Å². The number of esters is 1. The van der Waals surface area contributed by atoms with Crippen LogP contribution < -0.4 is 14.2 Å². The molecule has 5 nitrogen and oxygen atoms in total. The molecule has 0 amide bonds. The van der Waals surface area contributed by atoms with Crippen LogP contribution in [0.25, 0.3) is 6.08 Å². The number of methoxy groups -OCH3 is 2. The summed E-state index contributed by atoms with van der Waals surface area (Å²) in [4.78, 5) is 24.6. The summed E-state index contributed by atoms with van der Waals surface area (Å²) in [5.74, 6) is 0.126. The molecule has 0 fully saturated rings. The van der Waals surface area contributed by atoms with E-state index in [0.29, 0.717) is 22.8 Å². The van der Waals surface area contributed by atoms with Gasteiger partial charge in [0, 0.05) is 6.07 Å². The van der Waals surface area contributed by atoms with Gasteiger partial charge in [-0.25, -0.2) is 9.18 Å². The van der Waals surface area contributed by atoms with Crippen LogP contribution in [-0.2, 0) is 0 Å². The number of halogens is 1. The molecular weight excluding hydrogens is 387 g/mol. The first-order chi connectivity index (χ1) is 14.5. The molecule has 0 atom stereocenters. The molecule has 152 valence electrons. The van der Waals surface area contributed by atoms with Gasteiger partial charge in [0.2, 0.25) is 0 Å². The molecule has 0 radical (unpaired) electrons. The molecule has 0 saturated carbocycles.